The molecule has 0 spiro atoms. The van der Waals surface area contributed by atoms with E-state index in [1.54, 1.807) is 12.1 Å². The summed E-state index contributed by atoms with van der Waals surface area (Å²) in [6.45, 7) is 2.50. The lowest BCUT2D eigenvalue weighted by Crippen LogP contribution is -2.18. The molecule has 0 bridgehead atoms. The third-order valence-corrected chi connectivity index (χ3v) is 3.01. The highest BCUT2D eigenvalue weighted by molar-refractivity contribution is 9.10. The second kappa shape index (κ2) is 5.47. The second-order valence-corrected chi connectivity index (χ2v) is 4.61. The maximum Gasteiger partial charge on any atom is 0.169 e. The maximum absolute atomic E-state index is 13.5. The summed E-state index contributed by atoms with van der Waals surface area (Å²) in [5.74, 6) is 0.633. The standard InChI is InChI=1S/C13H13BrFNO/c1-9(11-4-2-3-5-12(11)15)16-8-10-6-7-13(14)17-10/h2-7,9,16H,8H2,1H3/t9-/m1/s1. The first-order valence-electron chi connectivity index (χ1n) is 5.39. The minimum Gasteiger partial charge on any atom is -0.453 e. The van der Waals surface area contributed by atoms with Crippen molar-refractivity contribution in [3.8, 4) is 0 Å². The first-order valence-corrected chi connectivity index (χ1v) is 6.18. The molecule has 2 nitrogen and oxygen atoms in total. The molecule has 0 radical (unpaired) electrons. The van der Waals surface area contributed by atoms with Crippen molar-refractivity contribution in [2.75, 3.05) is 0 Å². The highest BCUT2D eigenvalue weighted by Gasteiger charge is 2.10. The number of hydrogen-bond donors (Lipinski definition) is 1. The topological polar surface area (TPSA) is 25.2 Å². The van der Waals surface area contributed by atoms with Gasteiger partial charge in [0.1, 0.15) is 11.6 Å². The average molecular weight is 298 g/mol. The molecule has 1 heterocycles. The van der Waals surface area contributed by atoms with E-state index in [9.17, 15) is 4.39 Å². The van der Waals surface area contributed by atoms with Crippen molar-refractivity contribution in [1.29, 1.82) is 0 Å². The first-order chi connectivity index (χ1) is 8.16. The van der Waals surface area contributed by atoms with Crippen LogP contribution in [0.2, 0.25) is 0 Å². The lowest BCUT2D eigenvalue weighted by atomic mass is 10.1. The molecule has 1 aromatic carbocycles. The molecule has 0 fully saturated rings. The van der Waals surface area contributed by atoms with Crippen LogP contribution < -0.4 is 5.32 Å². The van der Waals surface area contributed by atoms with Gasteiger partial charge in [0.15, 0.2) is 4.67 Å². The zero-order valence-corrected chi connectivity index (χ0v) is 11.0. The van der Waals surface area contributed by atoms with Gasteiger partial charge in [-0.2, -0.15) is 0 Å². The van der Waals surface area contributed by atoms with Crippen LogP contribution in [0.1, 0.15) is 24.3 Å². The van der Waals surface area contributed by atoms with Gasteiger partial charge in [0.05, 0.1) is 6.54 Å². The van der Waals surface area contributed by atoms with Gasteiger partial charge in [-0.05, 0) is 41.1 Å². The van der Waals surface area contributed by atoms with Gasteiger partial charge in [0, 0.05) is 11.6 Å². The molecule has 0 saturated carbocycles. The Morgan fingerprint density at radius 1 is 1.29 bits per heavy atom. The number of hydrogen-bond acceptors (Lipinski definition) is 2. The Morgan fingerprint density at radius 2 is 2.06 bits per heavy atom. The van der Waals surface area contributed by atoms with Crippen LogP contribution in [0, 0.1) is 5.82 Å². The summed E-state index contributed by atoms with van der Waals surface area (Å²) in [4.78, 5) is 0. The number of benzene rings is 1. The summed E-state index contributed by atoms with van der Waals surface area (Å²) in [5.41, 5.74) is 0.665. The fraction of sp³-hybridized carbons (Fsp3) is 0.231. The minimum atomic E-state index is -0.187. The third kappa shape index (κ3) is 3.17. The number of halogens is 2. The third-order valence-electron chi connectivity index (χ3n) is 2.58. The Bertz CT molecular complexity index is 498. The number of rotatable bonds is 4. The molecule has 1 N–H and O–H groups in total. The molecule has 0 aliphatic carbocycles. The van der Waals surface area contributed by atoms with E-state index in [4.69, 9.17) is 4.42 Å². The van der Waals surface area contributed by atoms with Crippen LogP contribution in [0.5, 0.6) is 0 Å². The van der Waals surface area contributed by atoms with Crippen LogP contribution in [-0.2, 0) is 6.54 Å². The summed E-state index contributed by atoms with van der Waals surface area (Å²) in [5, 5.41) is 3.21. The fourth-order valence-corrected chi connectivity index (χ4v) is 1.98. The molecule has 1 aromatic heterocycles. The highest BCUT2D eigenvalue weighted by Crippen LogP contribution is 2.18. The van der Waals surface area contributed by atoms with Crippen LogP contribution >= 0.6 is 15.9 Å². The Hall–Kier alpha value is -1.13. The molecule has 2 aromatic rings. The zero-order valence-electron chi connectivity index (χ0n) is 9.41. The van der Waals surface area contributed by atoms with E-state index in [0.29, 0.717) is 16.8 Å². The van der Waals surface area contributed by atoms with Gasteiger partial charge in [-0.15, -0.1) is 0 Å². The SMILES string of the molecule is C[C@@H](NCc1ccc(Br)o1)c1ccccc1F. The molecule has 0 saturated heterocycles. The summed E-state index contributed by atoms with van der Waals surface area (Å²) < 4.78 is 19.6. The van der Waals surface area contributed by atoms with Gasteiger partial charge in [0.2, 0.25) is 0 Å². The van der Waals surface area contributed by atoms with E-state index in [2.05, 4.69) is 21.2 Å². The van der Waals surface area contributed by atoms with Crippen molar-refractivity contribution in [2.24, 2.45) is 0 Å². The smallest absolute Gasteiger partial charge is 0.169 e. The monoisotopic (exact) mass is 297 g/mol. The van der Waals surface area contributed by atoms with Crippen molar-refractivity contribution >= 4 is 15.9 Å². The Kier molecular flexibility index (Phi) is 3.97. The first kappa shape index (κ1) is 12.3. The molecule has 4 heteroatoms. The van der Waals surface area contributed by atoms with Gasteiger partial charge >= 0.3 is 0 Å². The molecule has 1 atom stereocenters. The van der Waals surface area contributed by atoms with E-state index < -0.39 is 0 Å². The van der Waals surface area contributed by atoms with Crippen LogP contribution in [0.25, 0.3) is 0 Å². The quantitative estimate of drug-likeness (QED) is 0.922. The largest absolute Gasteiger partial charge is 0.453 e. The van der Waals surface area contributed by atoms with Gasteiger partial charge in [-0.3, -0.25) is 0 Å². The van der Waals surface area contributed by atoms with E-state index in [1.165, 1.54) is 6.07 Å². The fourth-order valence-electron chi connectivity index (χ4n) is 1.64. The van der Waals surface area contributed by atoms with Crippen LogP contribution in [-0.4, -0.2) is 0 Å². The lowest BCUT2D eigenvalue weighted by molar-refractivity contribution is 0.441. The molecule has 0 aliphatic rings. The number of furan rings is 1. The summed E-state index contributed by atoms with van der Waals surface area (Å²) in [7, 11) is 0. The highest BCUT2D eigenvalue weighted by atomic mass is 79.9. The van der Waals surface area contributed by atoms with Crippen molar-refractivity contribution in [1.82, 2.24) is 5.32 Å². The predicted octanol–water partition coefficient (Wildman–Crippen LogP) is 4.03. The van der Waals surface area contributed by atoms with Gasteiger partial charge < -0.3 is 9.73 Å². The van der Waals surface area contributed by atoms with Crippen molar-refractivity contribution < 1.29 is 8.81 Å². The Morgan fingerprint density at radius 3 is 2.71 bits per heavy atom. The van der Waals surface area contributed by atoms with Crippen LogP contribution in [0.15, 0.2) is 45.5 Å². The van der Waals surface area contributed by atoms with Gasteiger partial charge in [-0.1, -0.05) is 18.2 Å². The van der Waals surface area contributed by atoms with E-state index >= 15 is 0 Å². The van der Waals surface area contributed by atoms with Gasteiger partial charge in [0.25, 0.3) is 0 Å². The summed E-state index contributed by atoms with van der Waals surface area (Å²) >= 11 is 3.24. The molecule has 0 aliphatic heterocycles. The van der Waals surface area contributed by atoms with Gasteiger partial charge in [-0.25, -0.2) is 4.39 Å². The maximum atomic E-state index is 13.5. The van der Waals surface area contributed by atoms with E-state index in [1.807, 2.05) is 25.1 Å². The average Bonchev–Trinajstić information content (AvgIpc) is 2.73. The minimum absolute atomic E-state index is 0.0555. The summed E-state index contributed by atoms with van der Waals surface area (Å²) in [6.07, 6.45) is 0. The van der Waals surface area contributed by atoms with Crippen LogP contribution in [0.3, 0.4) is 0 Å². The molecule has 90 valence electrons. The molecular formula is C13H13BrFNO. The Balaban J connectivity index is 1.98. The summed E-state index contributed by atoms with van der Waals surface area (Å²) in [6, 6.07) is 10.4. The molecule has 17 heavy (non-hydrogen) atoms. The van der Waals surface area contributed by atoms with E-state index in [0.717, 1.165) is 5.76 Å². The molecule has 0 amide bonds. The number of nitrogens with one attached hydrogen (secondary N) is 1. The van der Waals surface area contributed by atoms with Crippen molar-refractivity contribution in [2.45, 2.75) is 19.5 Å². The van der Waals surface area contributed by atoms with Crippen molar-refractivity contribution in [3.05, 3.63) is 58.2 Å². The Labute approximate surface area is 108 Å². The van der Waals surface area contributed by atoms with Crippen molar-refractivity contribution in [3.63, 3.8) is 0 Å². The van der Waals surface area contributed by atoms with Crippen LogP contribution in [0.4, 0.5) is 4.39 Å². The molecule has 2 rings (SSSR count). The normalized spacial score (nSPS) is 12.6. The lowest BCUT2D eigenvalue weighted by Gasteiger charge is -2.13. The second-order valence-electron chi connectivity index (χ2n) is 3.83. The zero-order chi connectivity index (χ0) is 12.3. The molecular weight excluding hydrogens is 285 g/mol. The van der Waals surface area contributed by atoms with E-state index in [-0.39, 0.29) is 11.9 Å². The molecule has 0 unspecified atom stereocenters. The predicted molar refractivity (Wildman–Crippen MR) is 68.1 cm³/mol.